The van der Waals surface area contributed by atoms with Gasteiger partial charge in [-0.25, -0.2) is 0 Å². The lowest BCUT2D eigenvalue weighted by molar-refractivity contribution is -0.138. The fourth-order valence-electron chi connectivity index (χ4n) is 2.39. The fourth-order valence-corrected chi connectivity index (χ4v) is 2.39. The first-order valence-corrected chi connectivity index (χ1v) is 7.22. The second-order valence-electron chi connectivity index (χ2n) is 6.22. The maximum Gasteiger partial charge on any atom is 0.242 e. The smallest absolute Gasteiger partial charge is 0.242 e. The molecular weight excluding hydrogens is 242 g/mol. The zero-order valence-corrected chi connectivity index (χ0v) is 12.2. The van der Waals surface area contributed by atoms with E-state index in [1.54, 1.807) is 7.05 Å². The largest absolute Gasteiger partial charge is 0.353 e. The van der Waals surface area contributed by atoms with Gasteiger partial charge in [0.05, 0.1) is 5.54 Å². The van der Waals surface area contributed by atoms with E-state index >= 15 is 0 Å². The number of hydrogen-bond acceptors (Lipinski definition) is 3. The van der Waals surface area contributed by atoms with E-state index < -0.39 is 5.54 Å². The van der Waals surface area contributed by atoms with Crippen LogP contribution in [-0.2, 0) is 9.59 Å². The lowest BCUT2D eigenvalue weighted by Gasteiger charge is -2.37. The number of piperidine rings is 1. The number of nitrogens with one attached hydrogen (secondary N) is 2. The predicted octanol–water partition coefficient (Wildman–Crippen LogP) is 0.502. The van der Waals surface area contributed by atoms with Crippen LogP contribution in [0.25, 0.3) is 0 Å². The van der Waals surface area contributed by atoms with Gasteiger partial charge in [-0.2, -0.15) is 0 Å². The van der Waals surface area contributed by atoms with Crippen molar-refractivity contribution in [2.75, 3.05) is 20.1 Å². The van der Waals surface area contributed by atoms with E-state index in [2.05, 4.69) is 10.6 Å². The molecule has 2 amide bonds. The first-order valence-electron chi connectivity index (χ1n) is 7.22. The predicted molar refractivity (Wildman–Crippen MR) is 73.6 cm³/mol. The Hall–Kier alpha value is -1.10. The van der Waals surface area contributed by atoms with Gasteiger partial charge in [0.1, 0.15) is 0 Å². The first kappa shape index (κ1) is 14.3. The van der Waals surface area contributed by atoms with Crippen molar-refractivity contribution >= 4 is 11.8 Å². The summed E-state index contributed by atoms with van der Waals surface area (Å²) in [5.74, 6) is 0.616. The Kier molecular flexibility index (Phi) is 4.13. The van der Waals surface area contributed by atoms with Crippen molar-refractivity contribution in [3.63, 3.8) is 0 Å². The zero-order chi connectivity index (χ0) is 14.0. The van der Waals surface area contributed by atoms with Crippen LogP contribution in [0.3, 0.4) is 0 Å². The molecule has 1 saturated heterocycles. The number of amides is 2. The second kappa shape index (κ2) is 5.49. The highest BCUT2D eigenvalue weighted by Crippen LogP contribution is 2.29. The van der Waals surface area contributed by atoms with Crippen molar-refractivity contribution < 1.29 is 9.59 Å². The minimum Gasteiger partial charge on any atom is -0.353 e. The van der Waals surface area contributed by atoms with Crippen LogP contribution in [0.15, 0.2) is 0 Å². The van der Waals surface area contributed by atoms with Gasteiger partial charge in [0, 0.05) is 25.0 Å². The third-order valence-corrected chi connectivity index (χ3v) is 4.24. The molecule has 0 radical (unpaired) electrons. The topological polar surface area (TPSA) is 61.4 Å². The molecule has 0 unspecified atom stereocenters. The van der Waals surface area contributed by atoms with E-state index in [-0.39, 0.29) is 23.8 Å². The Morgan fingerprint density at radius 3 is 2.16 bits per heavy atom. The average Bonchev–Trinajstić information content (AvgIpc) is 3.23. The van der Waals surface area contributed by atoms with Crippen LogP contribution in [0.4, 0.5) is 0 Å². The highest BCUT2D eigenvalue weighted by atomic mass is 16.2. The Labute approximate surface area is 115 Å². The van der Waals surface area contributed by atoms with E-state index in [4.69, 9.17) is 0 Å². The van der Waals surface area contributed by atoms with Crippen LogP contribution in [0.1, 0.15) is 39.5 Å². The highest BCUT2D eigenvalue weighted by molar-refractivity contribution is 5.85. The molecule has 108 valence electrons. The van der Waals surface area contributed by atoms with E-state index in [1.807, 2.05) is 18.7 Å². The van der Waals surface area contributed by atoms with Gasteiger partial charge < -0.3 is 15.5 Å². The van der Waals surface area contributed by atoms with Gasteiger partial charge in [-0.1, -0.05) is 0 Å². The molecule has 1 aliphatic carbocycles. The molecule has 0 aromatic rings. The molecule has 2 N–H and O–H groups in total. The fraction of sp³-hybridized carbons (Fsp3) is 0.857. The van der Waals surface area contributed by atoms with Crippen molar-refractivity contribution in [3.05, 3.63) is 0 Å². The monoisotopic (exact) mass is 267 g/mol. The minimum atomic E-state index is -0.510. The SMILES string of the molecule is CNC(C)(C)C(=O)N1CCC(NC(=O)C2CC2)CC1. The normalized spacial score (nSPS) is 21.3. The molecule has 1 aliphatic heterocycles. The molecule has 0 aromatic heterocycles. The second-order valence-corrected chi connectivity index (χ2v) is 6.22. The summed E-state index contributed by atoms with van der Waals surface area (Å²) in [7, 11) is 1.81. The van der Waals surface area contributed by atoms with E-state index in [9.17, 15) is 9.59 Å². The van der Waals surface area contributed by atoms with Crippen LogP contribution < -0.4 is 10.6 Å². The number of likely N-dealkylation sites (tertiary alicyclic amines) is 1. The standard InChI is InChI=1S/C14H25N3O2/c1-14(2,15-3)13(19)17-8-6-11(7-9-17)16-12(18)10-4-5-10/h10-11,15H,4-9H2,1-3H3,(H,16,18). The van der Waals surface area contributed by atoms with Crippen LogP contribution in [0.2, 0.25) is 0 Å². The summed E-state index contributed by atoms with van der Waals surface area (Å²) in [6, 6.07) is 0.245. The van der Waals surface area contributed by atoms with Gasteiger partial charge in [-0.3, -0.25) is 9.59 Å². The number of rotatable bonds is 4. The molecule has 0 bridgehead atoms. The highest BCUT2D eigenvalue weighted by Gasteiger charge is 2.35. The van der Waals surface area contributed by atoms with E-state index in [0.29, 0.717) is 0 Å². The Morgan fingerprint density at radius 1 is 1.11 bits per heavy atom. The number of hydrogen-bond donors (Lipinski definition) is 2. The number of carbonyl (C=O) groups is 2. The summed E-state index contributed by atoms with van der Waals surface area (Å²) in [5, 5.41) is 6.14. The molecule has 2 rings (SSSR count). The van der Waals surface area contributed by atoms with Crippen molar-refractivity contribution in [2.24, 2.45) is 5.92 Å². The van der Waals surface area contributed by atoms with Gasteiger partial charge in [0.2, 0.25) is 11.8 Å². The number of carbonyl (C=O) groups excluding carboxylic acids is 2. The van der Waals surface area contributed by atoms with E-state index in [1.165, 1.54) is 0 Å². The quantitative estimate of drug-likeness (QED) is 0.780. The third kappa shape index (κ3) is 3.47. The molecule has 0 spiro atoms. The Bertz CT molecular complexity index is 356. The maximum atomic E-state index is 12.3. The summed E-state index contributed by atoms with van der Waals surface area (Å²) in [5.41, 5.74) is -0.510. The Morgan fingerprint density at radius 2 is 1.68 bits per heavy atom. The molecule has 19 heavy (non-hydrogen) atoms. The lowest BCUT2D eigenvalue weighted by Crippen LogP contribution is -2.56. The molecule has 0 aromatic carbocycles. The van der Waals surface area contributed by atoms with Gasteiger partial charge in [0.25, 0.3) is 0 Å². The molecule has 5 heteroatoms. The molecule has 2 aliphatic rings. The lowest BCUT2D eigenvalue weighted by atomic mass is 9.99. The Balaban J connectivity index is 1.78. The molecule has 1 heterocycles. The van der Waals surface area contributed by atoms with Crippen molar-refractivity contribution in [1.82, 2.24) is 15.5 Å². The summed E-state index contributed by atoms with van der Waals surface area (Å²) in [4.78, 5) is 25.9. The molecule has 2 fully saturated rings. The van der Waals surface area contributed by atoms with Gasteiger partial charge in [0.15, 0.2) is 0 Å². The number of nitrogens with zero attached hydrogens (tertiary/aromatic N) is 1. The average molecular weight is 267 g/mol. The summed E-state index contributed by atoms with van der Waals surface area (Å²) in [6.45, 7) is 5.27. The maximum absolute atomic E-state index is 12.3. The zero-order valence-electron chi connectivity index (χ0n) is 12.2. The van der Waals surface area contributed by atoms with Crippen LogP contribution in [0.5, 0.6) is 0 Å². The van der Waals surface area contributed by atoms with Gasteiger partial charge >= 0.3 is 0 Å². The molecule has 0 atom stereocenters. The summed E-state index contributed by atoms with van der Waals surface area (Å²) < 4.78 is 0. The van der Waals surface area contributed by atoms with Crippen molar-refractivity contribution in [2.45, 2.75) is 51.1 Å². The van der Waals surface area contributed by atoms with E-state index in [0.717, 1.165) is 38.8 Å². The summed E-state index contributed by atoms with van der Waals surface area (Å²) in [6.07, 6.45) is 3.81. The van der Waals surface area contributed by atoms with Crippen LogP contribution >= 0.6 is 0 Å². The van der Waals surface area contributed by atoms with Gasteiger partial charge in [-0.05, 0) is 46.6 Å². The first-order chi connectivity index (χ1) is 8.94. The summed E-state index contributed by atoms with van der Waals surface area (Å²) >= 11 is 0. The molecule has 5 nitrogen and oxygen atoms in total. The minimum absolute atomic E-state index is 0.141. The van der Waals surface area contributed by atoms with Crippen molar-refractivity contribution in [1.29, 1.82) is 0 Å². The van der Waals surface area contributed by atoms with Gasteiger partial charge in [-0.15, -0.1) is 0 Å². The van der Waals surface area contributed by atoms with Crippen molar-refractivity contribution in [3.8, 4) is 0 Å². The molecular formula is C14H25N3O2. The molecule has 1 saturated carbocycles. The van der Waals surface area contributed by atoms with Crippen LogP contribution in [-0.4, -0.2) is 48.4 Å². The van der Waals surface area contributed by atoms with Crippen LogP contribution in [0, 0.1) is 5.92 Å². The number of likely N-dealkylation sites (N-methyl/N-ethyl adjacent to an activating group) is 1. The third-order valence-electron chi connectivity index (χ3n) is 4.24.